The van der Waals surface area contributed by atoms with E-state index in [2.05, 4.69) is 6.92 Å². The number of quaternary nitrogens is 1. The number of thiophene rings is 1. The van der Waals surface area contributed by atoms with E-state index in [0.29, 0.717) is 0 Å². The van der Waals surface area contributed by atoms with Gasteiger partial charge in [0.05, 0.1) is 18.1 Å². The summed E-state index contributed by atoms with van der Waals surface area (Å²) >= 11 is 1.59. The van der Waals surface area contributed by atoms with Gasteiger partial charge in [-0.1, -0.05) is 0 Å². The van der Waals surface area contributed by atoms with Gasteiger partial charge in [-0.15, -0.1) is 11.3 Å². The van der Waals surface area contributed by atoms with Crippen molar-refractivity contribution >= 4 is 17.6 Å². The standard InChI is InChI=1S/C11H15NO2S/c1-9-10(6-11(8-13)15-9)7-12-2-4-14-5-3-12/h6,8H,2-5,7H2,1H3/p+1. The van der Waals surface area contributed by atoms with Gasteiger partial charge in [0.1, 0.15) is 19.6 Å². The lowest BCUT2D eigenvalue weighted by molar-refractivity contribution is -0.921. The fourth-order valence-electron chi connectivity index (χ4n) is 1.88. The van der Waals surface area contributed by atoms with Gasteiger partial charge in [-0.2, -0.15) is 0 Å². The summed E-state index contributed by atoms with van der Waals surface area (Å²) in [5.74, 6) is 0. The minimum atomic E-state index is 0.843. The van der Waals surface area contributed by atoms with Crippen molar-refractivity contribution in [3.63, 3.8) is 0 Å². The predicted octanol–water partition coefficient (Wildman–Crippen LogP) is 0.284. The zero-order valence-electron chi connectivity index (χ0n) is 8.91. The molecule has 0 amide bonds. The van der Waals surface area contributed by atoms with Crippen molar-refractivity contribution in [2.75, 3.05) is 26.3 Å². The van der Waals surface area contributed by atoms with E-state index in [4.69, 9.17) is 4.74 Å². The number of aldehydes is 1. The van der Waals surface area contributed by atoms with Crippen LogP contribution in [-0.4, -0.2) is 32.6 Å². The SMILES string of the molecule is Cc1sc(C=O)cc1C[NH+]1CCOCC1. The van der Waals surface area contributed by atoms with Gasteiger partial charge in [0.2, 0.25) is 0 Å². The molecule has 2 rings (SSSR count). The van der Waals surface area contributed by atoms with Crippen molar-refractivity contribution in [2.24, 2.45) is 0 Å². The van der Waals surface area contributed by atoms with Crippen molar-refractivity contribution < 1.29 is 14.4 Å². The lowest BCUT2D eigenvalue weighted by Crippen LogP contribution is -3.12. The highest BCUT2D eigenvalue weighted by atomic mass is 32.1. The Morgan fingerprint density at radius 3 is 2.87 bits per heavy atom. The number of carbonyl (C=O) groups is 1. The number of hydrogen-bond acceptors (Lipinski definition) is 3. The Bertz CT molecular complexity index is 342. The summed E-state index contributed by atoms with van der Waals surface area (Å²) < 4.78 is 5.32. The Morgan fingerprint density at radius 1 is 1.53 bits per heavy atom. The van der Waals surface area contributed by atoms with Gasteiger partial charge in [-0.3, -0.25) is 4.79 Å². The lowest BCUT2D eigenvalue weighted by Gasteiger charge is -2.23. The Balaban J connectivity index is 2.02. The summed E-state index contributed by atoms with van der Waals surface area (Å²) in [6.45, 7) is 6.99. The fraction of sp³-hybridized carbons (Fsp3) is 0.545. The molecule has 82 valence electrons. The second-order valence-electron chi connectivity index (χ2n) is 3.89. The minimum absolute atomic E-state index is 0.843. The average Bonchev–Trinajstić information content (AvgIpc) is 2.61. The highest BCUT2D eigenvalue weighted by Gasteiger charge is 2.16. The van der Waals surface area contributed by atoms with Crippen LogP contribution in [0.4, 0.5) is 0 Å². The summed E-state index contributed by atoms with van der Waals surface area (Å²) in [6.07, 6.45) is 0.940. The van der Waals surface area contributed by atoms with Gasteiger partial charge in [-0.05, 0) is 13.0 Å². The number of ether oxygens (including phenoxy) is 1. The zero-order chi connectivity index (χ0) is 10.7. The zero-order valence-corrected chi connectivity index (χ0v) is 9.73. The number of rotatable bonds is 3. The van der Waals surface area contributed by atoms with Crippen LogP contribution < -0.4 is 4.90 Å². The number of nitrogens with one attached hydrogen (secondary N) is 1. The van der Waals surface area contributed by atoms with Crippen molar-refractivity contribution in [1.82, 2.24) is 0 Å². The first-order valence-corrected chi connectivity index (χ1v) is 6.07. The molecule has 1 aliphatic heterocycles. The van der Waals surface area contributed by atoms with Gasteiger partial charge < -0.3 is 9.64 Å². The molecular weight excluding hydrogens is 210 g/mol. The first-order chi connectivity index (χ1) is 7.29. The molecule has 1 aromatic rings. The molecule has 15 heavy (non-hydrogen) atoms. The summed E-state index contributed by atoms with van der Waals surface area (Å²) in [4.78, 5) is 14.3. The van der Waals surface area contributed by atoms with Gasteiger partial charge in [0.15, 0.2) is 6.29 Å². The quantitative estimate of drug-likeness (QED) is 0.751. The van der Waals surface area contributed by atoms with E-state index in [-0.39, 0.29) is 0 Å². The molecule has 1 saturated heterocycles. The summed E-state index contributed by atoms with van der Waals surface area (Å²) in [7, 11) is 0. The van der Waals surface area contributed by atoms with Crippen LogP contribution in [0.1, 0.15) is 20.1 Å². The third kappa shape index (κ3) is 2.65. The molecule has 1 fully saturated rings. The smallest absolute Gasteiger partial charge is 0.160 e. The predicted molar refractivity (Wildman–Crippen MR) is 59.7 cm³/mol. The van der Waals surface area contributed by atoms with Gasteiger partial charge >= 0.3 is 0 Å². The van der Waals surface area contributed by atoms with Crippen molar-refractivity contribution in [3.8, 4) is 0 Å². The average molecular weight is 226 g/mol. The first kappa shape index (κ1) is 10.8. The number of hydrogen-bond donors (Lipinski definition) is 1. The molecule has 2 heterocycles. The molecule has 3 nitrogen and oxygen atoms in total. The number of carbonyl (C=O) groups excluding carboxylic acids is 1. The van der Waals surface area contributed by atoms with Gasteiger partial charge in [0.25, 0.3) is 0 Å². The summed E-state index contributed by atoms with van der Waals surface area (Å²) in [5.41, 5.74) is 1.32. The normalized spacial score (nSPS) is 17.9. The van der Waals surface area contributed by atoms with E-state index in [1.165, 1.54) is 10.4 Å². The fourth-order valence-corrected chi connectivity index (χ4v) is 2.75. The van der Waals surface area contributed by atoms with Crippen LogP contribution in [0.15, 0.2) is 6.07 Å². The summed E-state index contributed by atoms with van der Waals surface area (Å²) in [6, 6.07) is 2.02. The lowest BCUT2D eigenvalue weighted by atomic mass is 10.2. The molecule has 1 aromatic heterocycles. The maximum absolute atomic E-state index is 10.6. The molecule has 4 heteroatoms. The highest BCUT2D eigenvalue weighted by Crippen LogP contribution is 2.19. The van der Waals surface area contributed by atoms with E-state index < -0.39 is 0 Å². The Hall–Kier alpha value is -0.710. The molecule has 0 unspecified atom stereocenters. The third-order valence-corrected chi connectivity index (χ3v) is 3.81. The maximum atomic E-state index is 10.6. The van der Waals surface area contributed by atoms with Crippen LogP contribution in [0, 0.1) is 6.92 Å². The van der Waals surface area contributed by atoms with Crippen LogP contribution in [0.5, 0.6) is 0 Å². The van der Waals surface area contributed by atoms with E-state index in [0.717, 1.165) is 44.0 Å². The molecular formula is C11H16NO2S+. The van der Waals surface area contributed by atoms with Crippen LogP contribution in [0.25, 0.3) is 0 Å². The molecule has 0 radical (unpaired) electrons. The van der Waals surface area contributed by atoms with E-state index in [1.807, 2.05) is 6.07 Å². The second-order valence-corrected chi connectivity index (χ2v) is 5.18. The molecule has 0 spiro atoms. The molecule has 1 N–H and O–H groups in total. The van der Waals surface area contributed by atoms with E-state index in [9.17, 15) is 4.79 Å². The third-order valence-electron chi connectivity index (χ3n) is 2.80. The van der Waals surface area contributed by atoms with Gasteiger partial charge in [-0.25, -0.2) is 0 Å². The van der Waals surface area contributed by atoms with E-state index >= 15 is 0 Å². The summed E-state index contributed by atoms with van der Waals surface area (Å²) in [5, 5.41) is 0. The molecule has 0 aliphatic carbocycles. The van der Waals surface area contributed by atoms with Crippen molar-refractivity contribution in [1.29, 1.82) is 0 Å². The molecule has 0 bridgehead atoms. The van der Waals surface area contributed by atoms with Crippen LogP contribution >= 0.6 is 11.3 Å². The number of morpholine rings is 1. The van der Waals surface area contributed by atoms with Gasteiger partial charge in [0, 0.05) is 10.4 Å². The number of aryl methyl sites for hydroxylation is 1. The maximum Gasteiger partial charge on any atom is 0.160 e. The Morgan fingerprint density at radius 2 is 2.27 bits per heavy atom. The van der Waals surface area contributed by atoms with Crippen LogP contribution in [0.2, 0.25) is 0 Å². The van der Waals surface area contributed by atoms with Crippen molar-refractivity contribution in [2.45, 2.75) is 13.5 Å². The van der Waals surface area contributed by atoms with Crippen LogP contribution in [0.3, 0.4) is 0 Å². The monoisotopic (exact) mass is 226 g/mol. The largest absolute Gasteiger partial charge is 0.370 e. The van der Waals surface area contributed by atoms with Crippen LogP contribution in [-0.2, 0) is 11.3 Å². The second kappa shape index (κ2) is 4.88. The van der Waals surface area contributed by atoms with E-state index in [1.54, 1.807) is 16.2 Å². The first-order valence-electron chi connectivity index (χ1n) is 5.25. The molecule has 0 saturated carbocycles. The Kier molecular flexibility index (Phi) is 3.51. The topological polar surface area (TPSA) is 30.7 Å². The van der Waals surface area contributed by atoms with Crippen molar-refractivity contribution in [3.05, 3.63) is 21.4 Å². The minimum Gasteiger partial charge on any atom is -0.370 e. The molecule has 0 atom stereocenters. The Labute approximate surface area is 93.7 Å². The molecule has 0 aromatic carbocycles. The highest BCUT2D eigenvalue weighted by molar-refractivity contribution is 7.13. The molecule has 1 aliphatic rings.